The Morgan fingerprint density at radius 2 is 1.43 bits per heavy atom. The number of ether oxygens (including phenoxy) is 2. The van der Waals surface area contributed by atoms with Gasteiger partial charge < -0.3 is 14.8 Å². The molecule has 4 nitrogen and oxygen atoms in total. The fraction of sp³-hybridized carbons (Fsp3) is 0.367. The second-order valence-corrected chi connectivity index (χ2v) is 8.99. The lowest BCUT2D eigenvalue weighted by Crippen LogP contribution is -2.32. The molecule has 0 fully saturated rings. The van der Waals surface area contributed by atoms with Crippen LogP contribution in [0.3, 0.4) is 0 Å². The predicted molar refractivity (Wildman–Crippen MR) is 146 cm³/mol. The van der Waals surface area contributed by atoms with Crippen LogP contribution in [0.1, 0.15) is 49.3 Å². The molecule has 5 heteroatoms. The average Bonchev–Trinajstić information content (AvgIpc) is 2.89. The topological polar surface area (TPSA) is 54.3 Å². The molecule has 0 radical (unpaired) electrons. The third-order valence-corrected chi connectivity index (χ3v) is 6.76. The molecule has 35 heavy (non-hydrogen) atoms. The number of halogens is 1. The first-order valence-electron chi connectivity index (χ1n) is 12.0. The Morgan fingerprint density at radius 1 is 0.857 bits per heavy atom. The van der Waals surface area contributed by atoms with Gasteiger partial charge in [0.05, 0.1) is 25.7 Å². The van der Waals surface area contributed by atoms with Crippen LogP contribution in [-0.4, -0.2) is 27.3 Å². The second kappa shape index (κ2) is 13.8. The van der Waals surface area contributed by atoms with Gasteiger partial charge in [-0.25, -0.2) is 0 Å². The minimum Gasteiger partial charge on any atom is -0.493 e. The summed E-state index contributed by atoms with van der Waals surface area (Å²) in [5, 5.41) is 13.9. The molecule has 186 valence electrons. The average molecular weight is 493 g/mol. The fourth-order valence-corrected chi connectivity index (χ4v) is 4.67. The standard InChI is InChI=1S/C30H36N2O2.ClH/c1-23(2)30(22-31,26-16-17-28(33-3)29(20-26)34-4)18-11-19-32-21-27(24-12-7-5-8-13-24)25-14-9-6-10-15-25;/h5-10,12-17,20,23,27,32H,11,18-19,21H2,1-4H3;1H. The summed E-state index contributed by atoms with van der Waals surface area (Å²) in [6.45, 7) is 5.94. The SMILES string of the molecule is COc1ccc(C(C#N)(CCCNCC(c2ccccc2)c2ccccc2)C(C)C)cc1OC.Cl. The first-order valence-corrected chi connectivity index (χ1v) is 12.0. The first kappa shape index (κ1) is 28.2. The monoisotopic (exact) mass is 492 g/mol. The number of hydrogen-bond acceptors (Lipinski definition) is 4. The van der Waals surface area contributed by atoms with Crippen molar-refractivity contribution in [3.63, 3.8) is 0 Å². The first-order chi connectivity index (χ1) is 16.6. The van der Waals surface area contributed by atoms with Crippen LogP contribution in [0.25, 0.3) is 0 Å². The lowest BCUT2D eigenvalue weighted by Gasteiger charge is -2.32. The maximum absolute atomic E-state index is 10.3. The smallest absolute Gasteiger partial charge is 0.161 e. The molecule has 1 atom stereocenters. The van der Waals surface area contributed by atoms with Crippen molar-refractivity contribution in [1.82, 2.24) is 5.32 Å². The predicted octanol–water partition coefficient (Wildman–Crippen LogP) is 6.74. The van der Waals surface area contributed by atoms with Crippen LogP contribution >= 0.6 is 12.4 Å². The molecule has 0 saturated carbocycles. The van der Waals surface area contributed by atoms with Crippen LogP contribution in [-0.2, 0) is 5.41 Å². The molecule has 3 rings (SSSR count). The quantitative estimate of drug-likeness (QED) is 0.284. The second-order valence-electron chi connectivity index (χ2n) is 8.99. The highest BCUT2D eigenvalue weighted by Gasteiger charge is 2.36. The van der Waals surface area contributed by atoms with E-state index in [-0.39, 0.29) is 18.3 Å². The van der Waals surface area contributed by atoms with Crippen molar-refractivity contribution in [2.75, 3.05) is 27.3 Å². The number of nitrogens with one attached hydrogen (secondary N) is 1. The van der Waals surface area contributed by atoms with E-state index >= 15 is 0 Å². The molecule has 0 aromatic heterocycles. The zero-order valence-electron chi connectivity index (χ0n) is 21.2. The number of rotatable bonds is 12. The van der Waals surface area contributed by atoms with Gasteiger partial charge in [-0.05, 0) is 54.1 Å². The van der Waals surface area contributed by atoms with Gasteiger partial charge in [-0.2, -0.15) is 5.26 Å². The summed E-state index contributed by atoms with van der Waals surface area (Å²) in [6.07, 6.45) is 1.67. The van der Waals surface area contributed by atoms with Gasteiger partial charge in [0.2, 0.25) is 0 Å². The maximum atomic E-state index is 10.3. The Bertz CT molecular complexity index is 1030. The van der Waals surface area contributed by atoms with E-state index in [4.69, 9.17) is 9.47 Å². The highest BCUT2D eigenvalue weighted by molar-refractivity contribution is 5.85. The third-order valence-electron chi connectivity index (χ3n) is 6.76. The number of benzene rings is 3. The van der Waals surface area contributed by atoms with Crippen LogP contribution in [0.15, 0.2) is 78.9 Å². The number of hydrogen-bond donors (Lipinski definition) is 1. The lowest BCUT2D eigenvalue weighted by molar-refractivity contribution is 0.341. The summed E-state index contributed by atoms with van der Waals surface area (Å²) < 4.78 is 10.9. The minimum atomic E-state index is -0.584. The van der Waals surface area contributed by atoms with Gasteiger partial charge in [-0.15, -0.1) is 12.4 Å². The molecule has 3 aromatic rings. The molecule has 0 aliphatic carbocycles. The van der Waals surface area contributed by atoms with Gasteiger partial charge in [0.25, 0.3) is 0 Å². The van der Waals surface area contributed by atoms with Crippen LogP contribution in [0.2, 0.25) is 0 Å². The Balaban J connectivity index is 0.00000432. The van der Waals surface area contributed by atoms with Crippen molar-refractivity contribution in [3.8, 4) is 17.6 Å². The van der Waals surface area contributed by atoms with E-state index in [1.807, 2.05) is 18.2 Å². The number of nitriles is 1. The van der Waals surface area contributed by atoms with Gasteiger partial charge >= 0.3 is 0 Å². The molecule has 0 amide bonds. The van der Waals surface area contributed by atoms with Gasteiger partial charge in [0.15, 0.2) is 11.5 Å². The third kappa shape index (κ3) is 6.78. The van der Waals surface area contributed by atoms with Crippen LogP contribution in [0, 0.1) is 17.2 Å². The summed E-state index contributed by atoms with van der Waals surface area (Å²) in [7, 11) is 3.26. The van der Waals surface area contributed by atoms with E-state index in [0.717, 1.165) is 31.5 Å². The van der Waals surface area contributed by atoms with E-state index in [0.29, 0.717) is 17.4 Å². The number of methoxy groups -OCH3 is 2. The molecule has 0 heterocycles. The van der Waals surface area contributed by atoms with Crippen molar-refractivity contribution >= 4 is 12.4 Å². The zero-order chi connectivity index (χ0) is 24.4. The Labute approximate surface area is 216 Å². The van der Waals surface area contributed by atoms with Gasteiger partial charge in [0.1, 0.15) is 0 Å². The van der Waals surface area contributed by atoms with E-state index < -0.39 is 5.41 Å². The van der Waals surface area contributed by atoms with Gasteiger partial charge in [-0.1, -0.05) is 80.6 Å². The van der Waals surface area contributed by atoms with Crippen LogP contribution < -0.4 is 14.8 Å². The largest absolute Gasteiger partial charge is 0.493 e. The highest BCUT2D eigenvalue weighted by atomic mass is 35.5. The van der Waals surface area contributed by atoms with Crippen molar-refractivity contribution in [1.29, 1.82) is 5.26 Å². The normalized spacial score (nSPS) is 12.5. The van der Waals surface area contributed by atoms with Crippen molar-refractivity contribution in [2.24, 2.45) is 5.92 Å². The Kier molecular flexibility index (Phi) is 11.1. The van der Waals surface area contributed by atoms with Crippen molar-refractivity contribution in [2.45, 2.75) is 38.0 Å². The molecule has 1 N–H and O–H groups in total. The van der Waals surface area contributed by atoms with E-state index in [2.05, 4.69) is 85.9 Å². The maximum Gasteiger partial charge on any atom is 0.161 e. The van der Waals surface area contributed by atoms with E-state index in [1.165, 1.54) is 11.1 Å². The summed E-state index contributed by atoms with van der Waals surface area (Å²) in [4.78, 5) is 0. The van der Waals surface area contributed by atoms with Crippen LogP contribution in [0.5, 0.6) is 11.5 Å². The van der Waals surface area contributed by atoms with Gasteiger partial charge in [-0.3, -0.25) is 0 Å². The number of nitrogens with zero attached hydrogens (tertiary/aromatic N) is 1. The van der Waals surface area contributed by atoms with Crippen molar-refractivity contribution < 1.29 is 9.47 Å². The molecular formula is C30H37ClN2O2. The fourth-order valence-electron chi connectivity index (χ4n) is 4.67. The minimum absolute atomic E-state index is 0. The summed E-state index contributed by atoms with van der Waals surface area (Å²) in [6, 6.07) is 29.8. The van der Waals surface area contributed by atoms with Crippen molar-refractivity contribution in [3.05, 3.63) is 95.6 Å². The summed E-state index contributed by atoms with van der Waals surface area (Å²) >= 11 is 0. The molecular weight excluding hydrogens is 456 g/mol. The molecule has 3 aromatic carbocycles. The lowest BCUT2D eigenvalue weighted by atomic mass is 9.69. The summed E-state index contributed by atoms with van der Waals surface area (Å²) in [5.74, 6) is 1.79. The van der Waals surface area contributed by atoms with Crippen LogP contribution in [0.4, 0.5) is 0 Å². The highest BCUT2D eigenvalue weighted by Crippen LogP contribution is 2.40. The molecule has 0 spiro atoms. The molecule has 0 bridgehead atoms. The van der Waals surface area contributed by atoms with E-state index in [1.54, 1.807) is 14.2 Å². The Hall–Kier alpha value is -3.00. The molecule has 0 aliphatic rings. The summed E-state index contributed by atoms with van der Waals surface area (Å²) in [5.41, 5.74) is 3.01. The zero-order valence-corrected chi connectivity index (χ0v) is 22.0. The Morgan fingerprint density at radius 3 is 1.91 bits per heavy atom. The van der Waals surface area contributed by atoms with E-state index in [9.17, 15) is 5.26 Å². The molecule has 0 aliphatic heterocycles. The van der Waals surface area contributed by atoms with Gasteiger partial charge in [0, 0.05) is 12.5 Å². The molecule has 1 unspecified atom stereocenters. The molecule has 0 saturated heterocycles.